The number of benzene rings is 1. The highest BCUT2D eigenvalue weighted by Gasteiger charge is 2.11. The molecule has 1 aromatic carbocycles. The third kappa shape index (κ3) is 2.85. The van der Waals surface area contributed by atoms with Crippen molar-refractivity contribution in [2.75, 3.05) is 5.32 Å². The van der Waals surface area contributed by atoms with E-state index in [0.29, 0.717) is 0 Å². The zero-order chi connectivity index (χ0) is 13.0. The Labute approximate surface area is 106 Å². The highest BCUT2D eigenvalue weighted by Crippen LogP contribution is 2.21. The van der Waals surface area contributed by atoms with Crippen LogP contribution in [-0.4, -0.2) is 10.9 Å². The second kappa shape index (κ2) is 5.31. The van der Waals surface area contributed by atoms with Crippen LogP contribution >= 0.6 is 0 Å². The van der Waals surface area contributed by atoms with E-state index < -0.39 is 0 Å². The van der Waals surface area contributed by atoms with Gasteiger partial charge >= 0.3 is 0 Å². The standard InChI is InChI=1S/C14H15N3O/c1-10(14(15)18)11-5-4-6-12(9-11)17-13-7-2-3-8-16-13/h2-10H,1H3,(H2,15,18)(H,16,17)/t10-/m1/s1. The van der Waals surface area contributed by atoms with E-state index in [0.717, 1.165) is 17.1 Å². The Bertz CT molecular complexity index is 540. The molecule has 1 heterocycles. The lowest BCUT2D eigenvalue weighted by Gasteiger charge is -2.10. The van der Waals surface area contributed by atoms with Crippen LogP contribution in [0.1, 0.15) is 18.4 Å². The predicted octanol–water partition coefficient (Wildman–Crippen LogP) is 2.41. The Kier molecular flexibility index (Phi) is 3.57. The van der Waals surface area contributed by atoms with Crippen molar-refractivity contribution >= 4 is 17.4 Å². The maximum Gasteiger partial charge on any atom is 0.224 e. The van der Waals surface area contributed by atoms with Crippen molar-refractivity contribution in [3.05, 3.63) is 54.2 Å². The molecule has 1 atom stereocenters. The molecule has 1 aromatic heterocycles. The predicted molar refractivity (Wildman–Crippen MR) is 71.6 cm³/mol. The van der Waals surface area contributed by atoms with Crippen LogP contribution in [0.3, 0.4) is 0 Å². The molecule has 4 heteroatoms. The Morgan fingerprint density at radius 2 is 2.11 bits per heavy atom. The first-order chi connectivity index (χ1) is 8.66. The molecule has 2 rings (SSSR count). The summed E-state index contributed by atoms with van der Waals surface area (Å²) in [5.41, 5.74) is 7.08. The van der Waals surface area contributed by atoms with Crippen LogP contribution in [0.25, 0.3) is 0 Å². The van der Waals surface area contributed by atoms with Crippen molar-refractivity contribution in [1.29, 1.82) is 0 Å². The number of nitrogens with two attached hydrogens (primary N) is 1. The number of hydrogen-bond acceptors (Lipinski definition) is 3. The van der Waals surface area contributed by atoms with Gasteiger partial charge in [-0.2, -0.15) is 0 Å². The van der Waals surface area contributed by atoms with Gasteiger partial charge in [-0.3, -0.25) is 4.79 Å². The first kappa shape index (κ1) is 12.1. The van der Waals surface area contributed by atoms with Gasteiger partial charge in [0.05, 0.1) is 5.92 Å². The second-order valence-electron chi connectivity index (χ2n) is 4.09. The Balaban J connectivity index is 2.20. The number of anilines is 2. The molecule has 0 fully saturated rings. The summed E-state index contributed by atoms with van der Waals surface area (Å²) in [5, 5.41) is 3.17. The molecule has 0 spiro atoms. The van der Waals surface area contributed by atoms with Crippen LogP contribution in [0.4, 0.5) is 11.5 Å². The molecule has 2 aromatic rings. The molecule has 0 unspecified atom stereocenters. The number of nitrogens with one attached hydrogen (secondary N) is 1. The van der Waals surface area contributed by atoms with E-state index in [4.69, 9.17) is 5.73 Å². The lowest BCUT2D eigenvalue weighted by atomic mass is 10.0. The highest BCUT2D eigenvalue weighted by atomic mass is 16.1. The third-order valence-electron chi connectivity index (χ3n) is 2.75. The molecule has 18 heavy (non-hydrogen) atoms. The molecule has 0 aliphatic rings. The summed E-state index contributed by atoms with van der Waals surface area (Å²) in [4.78, 5) is 15.3. The van der Waals surface area contributed by atoms with Crippen molar-refractivity contribution < 1.29 is 4.79 Å². The first-order valence-corrected chi connectivity index (χ1v) is 5.74. The van der Waals surface area contributed by atoms with E-state index in [1.54, 1.807) is 13.1 Å². The van der Waals surface area contributed by atoms with Gasteiger partial charge in [0.1, 0.15) is 5.82 Å². The average molecular weight is 241 g/mol. The molecule has 0 bridgehead atoms. The van der Waals surface area contributed by atoms with Gasteiger partial charge in [0.15, 0.2) is 0 Å². The zero-order valence-electron chi connectivity index (χ0n) is 10.1. The van der Waals surface area contributed by atoms with Crippen molar-refractivity contribution in [3.63, 3.8) is 0 Å². The van der Waals surface area contributed by atoms with E-state index in [2.05, 4.69) is 10.3 Å². The van der Waals surface area contributed by atoms with Gasteiger partial charge in [0, 0.05) is 11.9 Å². The van der Waals surface area contributed by atoms with Gasteiger partial charge in [-0.15, -0.1) is 0 Å². The van der Waals surface area contributed by atoms with Crippen molar-refractivity contribution in [3.8, 4) is 0 Å². The van der Waals surface area contributed by atoms with E-state index in [9.17, 15) is 4.79 Å². The van der Waals surface area contributed by atoms with E-state index in [1.165, 1.54) is 0 Å². The number of rotatable bonds is 4. The smallest absolute Gasteiger partial charge is 0.224 e. The van der Waals surface area contributed by atoms with E-state index in [1.807, 2.05) is 42.5 Å². The molecule has 0 saturated carbocycles. The molecule has 0 aliphatic carbocycles. The van der Waals surface area contributed by atoms with Gasteiger partial charge in [-0.25, -0.2) is 4.98 Å². The molecule has 4 nitrogen and oxygen atoms in total. The summed E-state index contributed by atoms with van der Waals surface area (Å²) in [7, 11) is 0. The molecule has 1 amide bonds. The van der Waals surface area contributed by atoms with Crippen LogP contribution in [0, 0.1) is 0 Å². The molecule has 0 radical (unpaired) electrons. The number of carbonyl (C=O) groups excluding carboxylic acids is 1. The third-order valence-corrected chi connectivity index (χ3v) is 2.75. The Morgan fingerprint density at radius 3 is 2.78 bits per heavy atom. The molecule has 0 aliphatic heterocycles. The molecule has 92 valence electrons. The minimum Gasteiger partial charge on any atom is -0.369 e. The normalized spacial score (nSPS) is 11.8. The highest BCUT2D eigenvalue weighted by molar-refractivity contribution is 5.81. The summed E-state index contributed by atoms with van der Waals surface area (Å²) in [5.74, 6) is 0.141. The van der Waals surface area contributed by atoms with Crippen LogP contribution in [0.15, 0.2) is 48.7 Å². The molecular formula is C14H15N3O. The number of amides is 1. The van der Waals surface area contributed by atoms with Gasteiger partial charge < -0.3 is 11.1 Å². The fourth-order valence-corrected chi connectivity index (χ4v) is 1.63. The topological polar surface area (TPSA) is 68.0 Å². The van der Waals surface area contributed by atoms with Crippen molar-refractivity contribution in [2.45, 2.75) is 12.8 Å². The average Bonchev–Trinajstić information content (AvgIpc) is 2.39. The zero-order valence-corrected chi connectivity index (χ0v) is 10.1. The number of carbonyl (C=O) groups is 1. The number of pyridine rings is 1. The molecular weight excluding hydrogens is 226 g/mol. The quantitative estimate of drug-likeness (QED) is 0.863. The van der Waals surface area contributed by atoms with Crippen molar-refractivity contribution in [2.24, 2.45) is 5.73 Å². The summed E-state index contributed by atoms with van der Waals surface area (Å²) < 4.78 is 0. The van der Waals surface area contributed by atoms with E-state index >= 15 is 0 Å². The summed E-state index contributed by atoms with van der Waals surface area (Å²) in [6.45, 7) is 1.79. The lowest BCUT2D eigenvalue weighted by molar-refractivity contribution is -0.119. The fraction of sp³-hybridized carbons (Fsp3) is 0.143. The second-order valence-corrected chi connectivity index (χ2v) is 4.09. The summed E-state index contributed by atoms with van der Waals surface area (Å²) >= 11 is 0. The number of hydrogen-bond donors (Lipinski definition) is 2. The maximum atomic E-state index is 11.2. The lowest BCUT2D eigenvalue weighted by Crippen LogP contribution is -2.18. The van der Waals surface area contributed by atoms with Gasteiger partial charge in [-0.1, -0.05) is 18.2 Å². The number of nitrogens with zero attached hydrogens (tertiary/aromatic N) is 1. The fourth-order valence-electron chi connectivity index (χ4n) is 1.63. The number of primary amides is 1. The van der Waals surface area contributed by atoms with Crippen LogP contribution in [-0.2, 0) is 4.79 Å². The monoisotopic (exact) mass is 241 g/mol. The number of aromatic nitrogens is 1. The van der Waals surface area contributed by atoms with Crippen LogP contribution in [0.5, 0.6) is 0 Å². The summed E-state index contributed by atoms with van der Waals surface area (Å²) in [6, 6.07) is 13.3. The minimum absolute atomic E-state index is 0.296. The van der Waals surface area contributed by atoms with Crippen molar-refractivity contribution in [1.82, 2.24) is 4.98 Å². The van der Waals surface area contributed by atoms with E-state index in [-0.39, 0.29) is 11.8 Å². The Hall–Kier alpha value is -2.36. The Morgan fingerprint density at radius 1 is 1.28 bits per heavy atom. The SMILES string of the molecule is C[C@@H](C(N)=O)c1cccc(Nc2ccccn2)c1. The van der Waals surface area contributed by atoms with Gasteiger partial charge in [-0.05, 0) is 36.8 Å². The van der Waals surface area contributed by atoms with Gasteiger partial charge in [0.2, 0.25) is 5.91 Å². The summed E-state index contributed by atoms with van der Waals surface area (Å²) in [6.07, 6.45) is 1.72. The van der Waals surface area contributed by atoms with Crippen LogP contribution in [0.2, 0.25) is 0 Å². The van der Waals surface area contributed by atoms with Crippen LogP contribution < -0.4 is 11.1 Å². The first-order valence-electron chi connectivity index (χ1n) is 5.74. The minimum atomic E-state index is -0.329. The molecule has 0 saturated heterocycles. The molecule has 3 N–H and O–H groups in total. The maximum absolute atomic E-state index is 11.2. The largest absolute Gasteiger partial charge is 0.369 e. The van der Waals surface area contributed by atoms with Gasteiger partial charge in [0.25, 0.3) is 0 Å².